The van der Waals surface area contributed by atoms with Gasteiger partial charge in [0.15, 0.2) is 0 Å². The fraction of sp³-hybridized carbons (Fsp3) is 0.0909. The van der Waals surface area contributed by atoms with Gasteiger partial charge in [-0.05, 0) is 44.0 Å². The van der Waals surface area contributed by atoms with E-state index in [0.29, 0.717) is 0 Å². The zero-order valence-electron chi connectivity index (χ0n) is 8.98. The molecule has 2 aromatic heterocycles. The molecular formula is C11H10Br2N2O2. The highest BCUT2D eigenvalue weighted by molar-refractivity contribution is 9.10. The molecule has 6 heteroatoms. The molecule has 90 valence electrons. The zero-order chi connectivity index (χ0) is 12.8. The van der Waals surface area contributed by atoms with Crippen LogP contribution in [0.25, 0.3) is 0 Å². The van der Waals surface area contributed by atoms with Crippen molar-refractivity contribution in [3.8, 4) is 0 Å². The third-order valence-electron chi connectivity index (χ3n) is 1.80. The van der Waals surface area contributed by atoms with Crippen LogP contribution in [-0.4, -0.2) is 9.55 Å². The summed E-state index contributed by atoms with van der Waals surface area (Å²) in [5, 5.41) is 0. The second kappa shape index (κ2) is 6.56. The molecule has 0 saturated carbocycles. The van der Waals surface area contributed by atoms with E-state index in [1.165, 1.54) is 16.7 Å². The molecule has 0 fully saturated rings. The molecule has 0 atom stereocenters. The van der Waals surface area contributed by atoms with Crippen LogP contribution in [0.1, 0.15) is 0 Å². The molecule has 2 aromatic rings. The topological polar surface area (TPSA) is 54.9 Å². The molecule has 2 heterocycles. The number of aromatic amines is 1. The van der Waals surface area contributed by atoms with E-state index < -0.39 is 0 Å². The van der Waals surface area contributed by atoms with Crippen LogP contribution in [0.3, 0.4) is 0 Å². The molecule has 2 rings (SSSR count). The van der Waals surface area contributed by atoms with E-state index in [0.717, 1.165) is 8.95 Å². The van der Waals surface area contributed by atoms with Crippen molar-refractivity contribution in [2.24, 2.45) is 7.05 Å². The van der Waals surface area contributed by atoms with E-state index >= 15 is 0 Å². The van der Waals surface area contributed by atoms with E-state index in [9.17, 15) is 9.59 Å². The minimum Gasteiger partial charge on any atom is -0.328 e. The van der Waals surface area contributed by atoms with Gasteiger partial charge < -0.3 is 9.55 Å². The van der Waals surface area contributed by atoms with Gasteiger partial charge >= 0.3 is 0 Å². The van der Waals surface area contributed by atoms with Crippen LogP contribution in [0.2, 0.25) is 0 Å². The molecule has 4 nitrogen and oxygen atoms in total. The fourth-order valence-electron chi connectivity index (χ4n) is 0.952. The number of halogens is 2. The third kappa shape index (κ3) is 5.14. The van der Waals surface area contributed by atoms with E-state index in [1.54, 1.807) is 31.6 Å². The van der Waals surface area contributed by atoms with Crippen molar-refractivity contribution in [1.82, 2.24) is 9.55 Å². The first kappa shape index (κ1) is 13.9. The Balaban J connectivity index is 0.000000171. The van der Waals surface area contributed by atoms with Crippen molar-refractivity contribution in [3.63, 3.8) is 0 Å². The van der Waals surface area contributed by atoms with Crippen molar-refractivity contribution in [2.75, 3.05) is 0 Å². The van der Waals surface area contributed by atoms with Crippen LogP contribution in [0.4, 0.5) is 0 Å². The number of nitrogens with one attached hydrogen (secondary N) is 1. The summed E-state index contributed by atoms with van der Waals surface area (Å²) >= 11 is 6.41. The molecule has 0 bridgehead atoms. The van der Waals surface area contributed by atoms with Crippen LogP contribution in [0.15, 0.2) is 55.2 Å². The van der Waals surface area contributed by atoms with Crippen LogP contribution in [0.5, 0.6) is 0 Å². The van der Waals surface area contributed by atoms with Gasteiger partial charge in [0.1, 0.15) is 0 Å². The lowest BCUT2D eigenvalue weighted by Gasteiger charge is -1.93. The Labute approximate surface area is 115 Å². The third-order valence-corrected chi connectivity index (χ3v) is 2.76. The van der Waals surface area contributed by atoms with Gasteiger partial charge in [0.05, 0.1) is 0 Å². The number of nitrogens with zero attached hydrogens (tertiary/aromatic N) is 1. The van der Waals surface area contributed by atoms with Crippen molar-refractivity contribution < 1.29 is 0 Å². The standard InChI is InChI=1S/C6H6BrNO.C5H4BrNO/c1-8-4-5(7)2-3-6(8)9;6-4-1-2-5(8)7-3-4/h2-4H,1H3;1-3H,(H,7,8). The molecule has 1 N–H and O–H groups in total. The summed E-state index contributed by atoms with van der Waals surface area (Å²) in [6.45, 7) is 0. The SMILES string of the molecule is Cn1cc(Br)ccc1=O.O=c1ccc(Br)c[nH]1. The van der Waals surface area contributed by atoms with Gasteiger partial charge in [-0.1, -0.05) is 0 Å². The van der Waals surface area contributed by atoms with Gasteiger partial charge in [-0.25, -0.2) is 0 Å². The highest BCUT2D eigenvalue weighted by Crippen LogP contribution is 2.03. The number of hydrogen-bond acceptors (Lipinski definition) is 2. The lowest BCUT2D eigenvalue weighted by molar-refractivity contribution is 0.855. The second-order valence-electron chi connectivity index (χ2n) is 3.17. The lowest BCUT2D eigenvalue weighted by atomic mass is 10.5. The number of aromatic nitrogens is 2. The Morgan fingerprint density at radius 3 is 2.12 bits per heavy atom. The monoisotopic (exact) mass is 360 g/mol. The summed E-state index contributed by atoms with van der Waals surface area (Å²) in [5.41, 5.74) is -0.0635. The highest BCUT2D eigenvalue weighted by Gasteiger charge is 1.87. The first-order valence-electron chi connectivity index (χ1n) is 4.65. The highest BCUT2D eigenvalue weighted by atomic mass is 79.9. The van der Waals surface area contributed by atoms with Crippen LogP contribution in [0, 0.1) is 0 Å². The Bertz CT molecular complexity index is 584. The number of H-pyrrole nitrogens is 1. The summed E-state index contributed by atoms with van der Waals surface area (Å²) < 4.78 is 3.33. The zero-order valence-corrected chi connectivity index (χ0v) is 12.2. The molecule has 0 amide bonds. The molecule has 0 aliphatic carbocycles. The first-order valence-corrected chi connectivity index (χ1v) is 6.24. The molecular weight excluding hydrogens is 352 g/mol. The molecule has 0 aliphatic heterocycles. The van der Waals surface area contributed by atoms with E-state index in [-0.39, 0.29) is 11.1 Å². The number of hydrogen-bond donors (Lipinski definition) is 1. The molecule has 0 saturated heterocycles. The number of rotatable bonds is 0. The Morgan fingerprint density at radius 2 is 1.71 bits per heavy atom. The van der Waals surface area contributed by atoms with Gasteiger partial charge in [0.25, 0.3) is 0 Å². The summed E-state index contributed by atoms with van der Waals surface area (Å²) in [4.78, 5) is 23.6. The Kier molecular flexibility index (Phi) is 5.37. The summed E-state index contributed by atoms with van der Waals surface area (Å²) in [6.07, 6.45) is 3.32. The average Bonchev–Trinajstić information content (AvgIpc) is 2.29. The van der Waals surface area contributed by atoms with Gasteiger partial charge in [-0.2, -0.15) is 0 Å². The van der Waals surface area contributed by atoms with Crippen molar-refractivity contribution >= 4 is 31.9 Å². The smallest absolute Gasteiger partial charge is 0.250 e. The molecule has 17 heavy (non-hydrogen) atoms. The molecule has 0 aliphatic rings. The minimum absolute atomic E-state index is 0.0122. The van der Waals surface area contributed by atoms with E-state index in [2.05, 4.69) is 36.8 Å². The maximum absolute atomic E-state index is 10.7. The quantitative estimate of drug-likeness (QED) is 0.782. The van der Waals surface area contributed by atoms with Crippen LogP contribution < -0.4 is 11.1 Å². The number of pyridine rings is 2. The van der Waals surface area contributed by atoms with Gasteiger partial charge in [0, 0.05) is 40.5 Å². The molecule has 0 spiro atoms. The van der Waals surface area contributed by atoms with E-state index in [1.807, 2.05) is 0 Å². The Morgan fingerprint density at radius 1 is 1.06 bits per heavy atom. The van der Waals surface area contributed by atoms with Gasteiger partial charge in [-0.15, -0.1) is 0 Å². The summed E-state index contributed by atoms with van der Waals surface area (Å²) in [7, 11) is 1.72. The predicted molar refractivity (Wildman–Crippen MR) is 74.1 cm³/mol. The van der Waals surface area contributed by atoms with Gasteiger partial charge in [-0.3, -0.25) is 9.59 Å². The first-order chi connectivity index (χ1) is 7.99. The minimum atomic E-state index is -0.0757. The van der Waals surface area contributed by atoms with Crippen molar-refractivity contribution in [2.45, 2.75) is 0 Å². The van der Waals surface area contributed by atoms with Gasteiger partial charge in [0.2, 0.25) is 11.1 Å². The summed E-state index contributed by atoms with van der Waals surface area (Å²) in [6, 6.07) is 6.40. The molecule has 0 unspecified atom stereocenters. The normalized spacial score (nSPS) is 9.35. The van der Waals surface area contributed by atoms with Crippen LogP contribution in [-0.2, 0) is 7.05 Å². The second-order valence-corrected chi connectivity index (χ2v) is 5.00. The average molecular weight is 362 g/mol. The maximum atomic E-state index is 10.7. The number of aryl methyl sites for hydroxylation is 1. The fourth-order valence-corrected chi connectivity index (χ4v) is 1.64. The lowest BCUT2D eigenvalue weighted by Crippen LogP contribution is -2.13. The van der Waals surface area contributed by atoms with Crippen molar-refractivity contribution in [1.29, 1.82) is 0 Å². The maximum Gasteiger partial charge on any atom is 0.250 e. The Hall–Kier alpha value is -1.14. The molecule has 0 aromatic carbocycles. The van der Waals surface area contributed by atoms with Crippen LogP contribution >= 0.6 is 31.9 Å². The molecule has 0 radical (unpaired) electrons. The predicted octanol–water partition coefficient (Wildman–Crippen LogP) is 2.29. The van der Waals surface area contributed by atoms with E-state index in [4.69, 9.17) is 0 Å². The largest absolute Gasteiger partial charge is 0.328 e. The van der Waals surface area contributed by atoms with Crippen molar-refractivity contribution in [3.05, 3.63) is 66.3 Å². The summed E-state index contributed by atoms with van der Waals surface area (Å²) in [5.74, 6) is 0.